The Bertz CT molecular complexity index is 198. The van der Waals surface area contributed by atoms with Gasteiger partial charge in [-0.05, 0) is 12.8 Å². The van der Waals surface area contributed by atoms with E-state index < -0.39 is 0 Å². The van der Waals surface area contributed by atoms with Crippen molar-refractivity contribution in [2.45, 2.75) is 110 Å². The normalized spacial score (nSPS) is 11.5. The highest BCUT2D eigenvalue weighted by Gasteiger charge is 1.93. The molecule has 0 saturated heterocycles. The van der Waals surface area contributed by atoms with E-state index >= 15 is 0 Å². The molecule has 0 aromatic heterocycles. The minimum absolute atomic E-state index is 1.16. The molecule has 0 amide bonds. The molecule has 0 bridgehead atoms. The Morgan fingerprint density at radius 1 is 0.524 bits per heavy atom. The van der Waals surface area contributed by atoms with Crippen LogP contribution in [-0.4, -0.2) is 4.43 Å². The second-order valence-electron chi connectivity index (χ2n) is 6.36. The van der Waals surface area contributed by atoms with Crippen molar-refractivity contribution in [3.63, 3.8) is 0 Å². The Kier molecular flexibility index (Phi) is 20.9. The van der Waals surface area contributed by atoms with Gasteiger partial charge in [0.15, 0.2) is 0 Å². The van der Waals surface area contributed by atoms with Gasteiger partial charge in [0.25, 0.3) is 0 Å². The molecule has 0 spiro atoms. The van der Waals surface area contributed by atoms with Crippen molar-refractivity contribution < 1.29 is 0 Å². The summed E-state index contributed by atoms with van der Waals surface area (Å²) in [5.41, 5.74) is 0. The molecule has 0 aromatic carbocycles. The molecule has 0 fully saturated rings. The third-order valence-corrected chi connectivity index (χ3v) is 4.74. The van der Waals surface area contributed by atoms with Crippen LogP contribution >= 0.6 is 22.6 Å². The summed E-state index contributed by atoms with van der Waals surface area (Å²) < 4.78 is 1.16. The van der Waals surface area contributed by atoms with Gasteiger partial charge in [0.1, 0.15) is 0 Å². The van der Waals surface area contributed by atoms with Gasteiger partial charge in [0.2, 0.25) is 0 Å². The van der Waals surface area contributed by atoms with E-state index in [1.807, 2.05) is 0 Å². The zero-order chi connectivity index (χ0) is 15.4. The highest BCUT2D eigenvalue weighted by Crippen LogP contribution is 2.13. The van der Waals surface area contributed by atoms with Gasteiger partial charge in [0.05, 0.1) is 0 Å². The lowest BCUT2D eigenvalue weighted by Crippen LogP contribution is -1.83. The average Bonchev–Trinajstić information content (AvgIpc) is 2.50. The maximum Gasteiger partial charge on any atom is 0.0175 e. The van der Waals surface area contributed by atoms with Crippen LogP contribution in [0.1, 0.15) is 110 Å². The Balaban J connectivity index is 2.95. The van der Waals surface area contributed by atoms with E-state index in [9.17, 15) is 0 Å². The summed E-state index contributed by atoms with van der Waals surface area (Å²) >= 11 is 2.40. The summed E-state index contributed by atoms with van der Waals surface area (Å²) in [7, 11) is 0. The van der Waals surface area contributed by atoms with Crippen LogP contribution in [0.4, 0.5) is 0 Å². The average molecular weight is 406 g/mol. The molecule has 0 atom stereocenters. The molecule has 0 aromatic rings. The van der Waals surface area contributed by atoms with E-state index in [4.69, 9.17) is 0 Å². The van der Waals surface area contributed by atoms with Crippen LogP contribution in [0.25, 0.3) is 0 Å². The summed E-state index contributed by atoms with van der Waals surface area (Å²) in [6.07, 6.45) is 27.8. The van der Waals surface area contributed by atoms with Crippen LogP contribution in [0, 0.1) is 0 Å². The molecule has 0 saturated carbocycles. The maximum atomic E-state index is 2.40. The molecule has 126 valence electrons. The van der Waals surface area contributed by atoms with Crippen LogP contribution in [0.5, 0.6) is 0 Å². The third-order valence-electron chi connectivity index (χ3n) is 4.23. The third kappa shape index (κ3) is 20.5. The lowest BCUT2D eigenvalue weighted by molar-refractivity contribution is 0.533. The summed E-state index contributed by atoms with van der Waals surface area (Å²) in [5.74, 6) is 0. The van der Waals surface area contributed by atoms with Crippen LogP contribution in [-0.2, 0) is 0 Å². The molecule has 21 heavy (non-hydrogen) atoms. The second kappa shape index (κ2) is 20.5. The van der Waals surface area contributed by atoms with Gasteiger partial charge in [-0.25, -0.2) is 0 Å². The number of rotatable bonds is 17. The fraction of sp³-hybridized carbons (Fsp3) is 0.900. The first-order valence-electron chi connectivity index (χ1n) is 9.62. The predicted octanol–water partition coefficient (Wildman–Crippen LogP) is 8.24. The van der Waals surface area contributed by atoms with Gasteiger partial charge in [-0.1, -0.05) is 132 Å². The molecule has 0 rings (SSSR count). The van der Waals surface area contributed by atoms with E-state index in [0.29, 0.717) is 0 Å². The molecule has 0 nitrogen and oxygen atoms in total. The van der Waals surface area contributed by atoms with Crippen molar-refractivity contribution >= 4 is 22.6 Å². The van der Waals surface area contributed by atoms with Crippen molar-refractivity contribution in [1.82, 2.24) is 0 Å². The summed E-state index contributed by atoms with van der Waals surface area (Å²) in [6.45, 7) is 2.29. The second-order valence-corrected chi connectivity index (χ2v) is 7.24. The Morgan fingerprint density at radius 3 is 1.29 bits per heavy atom. The fourth-order valence-electron chi connectivity index (χ4n) is 2.81. The van der Waals surface area contributed by atoms with Gasteiger partial charge in [0, 0.05) is 4.43 Å². The smallest absolute Gasteiger partial charge is 0.0175 e. The number of alkyl halides is 1. The number of hydrogen-bond donors (Lipinski definition) is 0. The molecule has 0 unspecified atom stereocenters. The monoisotopic (exact) mass is 406 g/mol. The number of allylic oxidation sites excluding steroid dienone is 2. The highest BCUT2D eigenvalue weighted by atomic mass is 127. The van der Waals surface area contributed by atoms with Crippen molar-refractivity contribution in [1.29, 1.82) is 0 Å². The number of halogens is 1. The van der Waals surface area contributed by atoms with Crippen molar-refractivity contribution in [3.8, 4) is 0 Å². The molecule has 0 heterocycles. The summed E-state index contributed by atoms with van der Waals surface area (Å²) in [5, 5.41) is 0. The first-order valence-corrected chi connectivity index (χ1v) is 11.1. The summed E-state index contributed by atoms with van der Waals surface area (Å²) in [6, 6.07) is 0. The Labute approximate surface area is 148 Å². The number of hydrogen-bond acceptors (Lipinski definition) is 0. The molecule has 0 aliphatic carbocycles. The summed E-state index contributed by atoms with van der Waals surface area (Å²) in [4.78, 5) is 0. The van der Waals surface area contributed by atoms with Crippen LogP contribution in [0.3, 0.4) is 0 Å². The van der Waals surface area contributed by atoms with E-state index in [-0.39, 0.29) is 0 Å². The van der Waals surface area contributed by atoms with Crippen LogP contribution < -0.4 is 0 Å². The maximum absolute atomic E-state index is 2.40. The SMILES string of the molecule is CCCCCCCCCCCCCCCCC/C=C/CI. The topological polar surface area (TPSA) is 0 Å². The molecule has 0 N–H and O–H groups in total. The Hall–Kier alpha value is 0.470. The standard InChI is InChI=1S/C20H39I/c1-2-3-4-5-6-7-8-9-10-11-12-13-14-15-16-17-18-19-20-21/h18-19H,2-17,20H2,1H3/b19-18+. The first kappa shape index (κ1) is 21.5. The molecule has 0 aliphatic rings. The zero-order valence-corrected chi connectivity index (χ0v) is 16.7. The quantitative estimate of drug-likeness (QED) is 0.0987. The zero-order valence-electron chi connectivity index (χ0n) is 14.6. The molecule has 0 radical (unpaired) electrons. The van der Waals surface area contributed by atoms with E-state index in [1.54, 1.807) is 0 Å². The van der Waals surface area contributed by atoms with Crippen LogP contribution in [0.15, 0.2) is 12.2 Å². The van der Waals surface area contributed by atoms with Gasteiger partial charge in [-0.3, -0.25) is 0 Å². The minimum atomic E-state index is 1.16. The van der Waals surface area contributed by atoms with E-state index in [1.165, 1.54) is 103 Å². The van der Waals surface area contributed by atoms with Crippen molar-refractivity contribution in [2.75, 3.05) is 4.43 Å². The van der Waals surface area contributed by atoms with E-state index in [2.05, 4.69) is 41.7 Å². The van der Waals surface area contributed by atoms with Gasteiger partial charge >= 0.3 is 0 Å². The lowest BCUT2D eigenvalue weighted by atomic mass is 10.0. The largest absolute Gasteiger partial charge is 0.0878 e. The van der Waals surface area contributed by atoms with Gasteiger partial charge in [-0.2, -0.15) is 0 Å². The highest BCUT2D eigenvalue weighted by molar-refractivity contribution is 14.1. The van der Waals surface area contributed by atoms with Crippen LogP contribution in [0.2, 0.25) is 0 Å². The van der Waals surface area contributed by atoms with E-state index in [0.717, 1.165) is 4.43 Å². The first-order chi connectivity index (χ1) is 10.4. The molecule has 1 heteroatoms. The predicted molar refractivity (Wildman–Crippen MR) is 108 cm³/mol. The molecule has 0 aliphatic heterocycles. The Morgan fingerprint density at radius 2 is 0.905 bits per heavy atom. The fourth-order valence-corrected chi connectivity index (χ4v) is 3.17. The van der Waals surface area contributed by atoms with Crippen molar-refractivity contribution in [3.05, 3.63) is 12.2 Å². The van der Waals surface area contributed by atoms with Crippen molar-refractivity contribution in [2.24, 2.45) is 0 Å². The van der Waals surface area contributed by atoms with Gasteiger partial charge < -0.3 is 0 Å². The number of unbranched alkanes of at least 4 members (excludes halogenated alkanes) is 15. The molecular formula is C20H39I. The van der Waals surface area contributed by atoms with Gasteiger partial charge in [-0.15, -0.1) is 0 Å². The molecular weight excluding hydrogens is 367 g/mol. The lowest BCUT2D eigenvalue weighted by Gasteiger charge is -2.03. The minimum Gasteiger partial charge on any atom is -0.0878 e.